The number of aromatic nitrogens is 2. The third kappa shape index (κ3) is 17.2. The van der Waals surface area contributed by atoms with Gasteiger partial charge in [-0.25, -0.2) is 4.57 Å². The predicted molar refractivity (Wildman–Crippen MR) is 95.5 cm³/mol. The number of aliphatic hydroxyl groups is 1. The summed E-state index contributed by atoms with van der Waals surface area (Å²) in [7, 11) is 0. The summed E-state index contributed by atoms with van der Waals surface area (Å²) in [4.78, 5) is 12.3. The average Bonchev–Trinajstić information content (AvgIpc) is 3.10. The highest BCUT2D eigenvalue weighted by Crippen LogP contribution is 2.10. The van der Waals surface area contributed by atoms with Crippen molar-refractivity contribution in [2.24, 2.45) is 0 Å². The Bertz CT molecular complexity index is 394. The molecule has 6 nitrogen and oxygen atoms in total. The number of H-pyrrole nitrogens is 1. The van der Waals surface area contributed by atoms with Gasteiger partial charge < -0.3 is 19.7 Å². The number of ether oxygens (including phenoxy) is 1. The number of aliphatic hydroxyl groups excluding tert-OH is 1. The highest BCUT2D eigenvalue weighted by molar-refractivity contribution is 5.68. The summed E-state index contributed by atoms with van der Waals surface area (Å²) in [5.74, 6) is -1.44. The number of nitrogens with zero attached hydrogens (tertiary/aromatic N) is 1. The Morgan fingerprint density at radius 3 is 2.08 bits per heavy atom. The number of carbonyl (C=O) groups is 1. The van der Waals surface area contributed by atoms with Gasteiger partial charge in [-0.2, -0.15) is 0 Å². The summed E-state index contributed by atoms with van der Waals surface area (Å²) in [5.41, 5.74) is 0. The zero-order valence-electron chi connectivity index (χ0n) is 15.9. The lowest BCUT2D eigenvalue weighted by atomic mass is 10.1. The maximum Gasteiger partial charge on any atom is 0.243 e. The topological polar surface area (TPSA) is 89.3 Å². The summed E-state index contributed by atoms with van der Waals surface area (Å²) in [6, 6.07) is 0. The molecule has 25 heavy (non-hydrogen) atoms. The number of nitrogens with one attached hydrogen (secondary N) is 1. The van der Waals surface area contributed by atoms with Gasteiger partial charge in [0.25, 0.3) is 0 Å². The third-order valence-electron chi connectivity index (χ3n) is 3.83. The second-order valence-electron chi connectivity index (χ2n) is 6.34. The normalized spacial score (nSPS) is 11.6. The molecular weight excluding hydrogens is 320 g/mol. The molecule has 0 aliphatic carbocycles. The Balaban J connectivity index is 0.000000823. The van der Waals surface area contributed by atoms with Gasteiger partial charge in [-0.3, -0.25) is 4.98 Å². The molecule has 146 valence electrons. The number of aromatic amines is 1. The van der Waals surface area contributed by atoms with E-state index in [0.717, 1.165) is 13.5 Å². The fraction of sp³-hybridized carbons (Fsp3) is 0.789. The highest BCUT2D eigenvalue weighted by atomic mass is 16.5. The van der Waals surface area contributed by atoms with E-state index in [0.29, 0.717) is 6.73 Å². The first kappa shape index (κ1) is 23.6. The molecule has 0 fully saturated rings. The Kier molecular flexibility index (Phi) is 16.4. The lowest BCUT2D eigenvalue weighted by molar-refractivity contribution is -0.731. The number of unbranched alkanes of at least 4 members (excludes halogenated alkanes) is 9. The van der Waals surface area contributed by atoms with Crippen LogP contribution in [-0.2, 0) is 16.3 Å². The van der Waals surface area contributed by atoms with Crippen molar-refractivity contribution in [3.8, 4) is 0 Å². The molecule has 0 aromatic carbocycles. The summed E-state index contributed by atoms with van der Waals surface area (Å²) >= 11 is 0. The molecule has 1 heterocycles. The van der Waals surface area contributed by atoms with Crippen LogP contribution < -0.4 is 9.67 Å². The minimum absolute atomic E-state index is 0.668. The van der Waals surface area contributed by atoms with Crippen molar-refractivity contribution >= 4 is 5.97 Å². The fourth-order valence-corrected chi connectivity index (χ4v) is 2.26. The molecule has 1 unspecified atom stereocenters. The molecule has 2 N–H and O–H groups in total. The first-order valence-corrected chi connectivity index (χ1v) is 9.56. The summed E-state index contributed by atoms with van der Waals surface area (Å²) in [6.07, 6.45) is 18.2. The molecule has 6 heteroatoms. The van der Waals surface area contributed by atoms with E-state index in [2.05, 4.69) is 11.9 Å². The average molecular weight is 357 g/mol. The van der Waals surface area contributed by atoms with Crippen molar-refractivity contribution in [1.82, 2.24) is 4.98 Å². The van der Waals surface area contributed by atoms with E-state index < -0.39 is 12.1 Å². The van der Waals surface area contributed by atoms with Gasteiger partial charge in [-0.05, 0) is 13.3 Å². The maximum atomic E-state index is 9.34. The SMILES string of the molecule is CC(O)C(=O)[O-].CCCCCCCCCCCCOC[n+]1cc[nH]c1. The molecule has 0 saturated heterocycles. The van der Waals surface area contributed by atoms with Crippen LogP contribution in [0.5, 0.6) is 0 Å². The van der Waals surface area contributed by atoms with Crippen LogP contribution in [0.2, 0.25) is 0 Å². The predicted octanol–water partition coefficient (Wildman–Crippen LogP) is 2.31. The van der Waals surface area contributed by atoms with Crippen molar-refractivity contribution in [3.63, 3.8) is 0 Å². The standard InChI is InChI=1S/C16H30N2O.C3H6O3/c1-2-3-4-5-6-7-8-9-10-11-14-19-16-18-13-12-17-15-18;1-2(4)3(5)6/h12-13,15H,2-11,14,16H2,1H3;2,4H,1H3,(H,5,6). The summed E-state index contributed by atoms with van der Waals surface area (Å²) in [5, 5.41) is 17.3. The molecule has 1 aromatic heterocycles. The van der Waals surface area contributed by atoms with E-state index in [1.165, 1.54) is 64.2 Å². The number of imidazole rings is 1. The molecule has 0 amide bonds. The molecule has 1 rings (SSSR count). The molecule has 0 saturated carbocycles. The van der Waals surface area contributed by atoms with Crippen LogP contribution in [0.1, 0.15) is 78.1 Å². The Morgan fingerprint density at radius 1 is 1.12 bits per heavy atom. The number of hydrogen-bond acceptors (Lipinski definition) is 4. The molecule has 0 bridgehead atoms. The molecule has 0 spiro atoms. The third-order valence-corrected chi connectivity index (χ3v) is 3.83. The van der Waals surface area contributed by atoms with Crippen LogP contribution in [0, 0.1) is 0 Å². The summed E-state index contributed by atoms with van der Waals surface area (Å²) < 4.78 is 7.60. The molecular formula is C19H36N2O4. The van der Waals surface area contributed by atoms with Gasteiger partial charge in [-0.15, -0.1) is 0 Å². The maximum absolute atomic E-state index is 9.34. The Morgan fingerprint density at radius 2 is 1.64 bits per heavy atom. The van der Waals surface area contributed by atoms with Crippen LogP contribution in [0.15, 0.2) is 18.7 Å². The van der Waals surface area contributed by atoms with Crippen LogP contribution in [0.4, 0.5) is 0 Å². The van der Waals surface area contributed by atoms with Crippen molar-refractivity contribution < 1.29 is 24.3 Å². The first-order chi connectivity index (χ1) is 12.1. The summed E-state index contributed by atoms with van der Waals surface area (Å²) in [6.45, 7) is 4.96. The van der Waals surface area contributed by atoms with Gasteiger partial charge in [0.1, 0.15) is 12.4 Å². The quantitative estimate of drug-likeness (QED) is 0.395. The second-order valence-corrected chi connectivity index (χ2v) is 6.34. The fourth-order valence-electron chi connectivity index (χ4n) is 2.26. The monoisotopic (exact) mass is 356 g/mol. The Hall–Kier alpha value is -1.40. The number of hydrogen-bond donors (Lipinski definition) is 2. The number of carboxylic acid groups (broad SMARTS) is 1. The van der Waals surface area contributed by atoms with E-state index in [9.17, 15) is 9.90 Å². The van der Waals surface area contributed by atoms with Crippen LogP contribution in [0.25, 0.3) is 0 Å². The van der Waals surface area contributed by atoms with Gasteiger partial charge in [-0.1, -0.05) is 64.7 Å². The minimum atomic E-state index is -1.44. The van der Waals surface area contributed by atoms with E-state index in [1.807, 2.05) is 23.3 Å². The van der Waals surface area contributed by atoms with Gasteiger partial charge in [0, 0.05) is 0 Å². The molecule has 1 aromatic rings. The lowest BCUT2D eigenvalue weighted by Gasteiger charge is -2.03. The van der Waals surface area contributed by atoms with Gasteiger partial charge in [0.05, 0.1) is 18.7 Å². The van der Waals surface area contributed by atoms with Gasteiger partial charge in [0.2, 0.25) is 6.33 Å². The smallest absolute Gasteiger partial charge is 0.243 e. The van der Waals surface area contributed by atoms with Crippen LogP contribution in [-0.4, -0.2) is 28.8 Å². The number of aliphatic carboxylic acids is 1. The first-order valence-electron chi connectivity index (χ1n) is 9.56. The van der Waals surface area contributed by atoms with E-state index in [4.69, 9.17) is 9.84 Å². The highest BCUT2D eigenvalue weighted by Gasteiger charge is 1.96. The number of carboxylic acids is 1. The molecule has 0 aliphatic rings. The van der Waals surface area contributed by atoms with Crippen LogP contribution >= 0.6 is 0 Å². The van der Waals surface area contributed by atoms with Gasteiger partial charge >= 0.3 is 0 Å². The van der Waals surface area contributed by atoms with Crippen molar-refractivity contribution in [3.05, 3.63) is 18.7 Å². The zero-order valence-corrected chi connectivity index (χ0v) is 15.9. The van der Waals surface area contributed by atoms with Crippen molar-refractivity contribution in [2.45, 2.75) is 90.9 Å². The molecule has 0 radical (unpaired) electrons. The zero-order chi connectivity index (χ0) is 18.8. The number of carbonyl (C=O) groups excluding carboxylic acids is 1. The lowest BCUT2D eigenvalue weighted by Crippen LogP contribution is -2.32. The molecule has 1 atom stereocenters. The van der Waals surface area contributed by atoms with E-state index >= 15 is 0 Å². The van der Waals surface area contributed by atoms with Gasteiger partial charge in [0.15, 0.2) is 6.73 Å². The van der Waals surface area contributed by atoms with Crippen LogP contribution in [0.3, 0.4) is 0 Å². The van der Waals surface area contributed by atoms with Crippen molar-refractivity contribution in [2.75, 3.05) is 6.61 Å². The van der Waals surface area contributed by atoms with Crippen molar-refractivity contribution in [1.29, 1.82) is 0 Å². The minimum Gasteiger partial charge on any atom is -0.547 e. The number of rotatable bonds is 14. The van der Waals surface area contributed by atoms with E-state index in [-0.39, 0.29) is 0 Å². The largest absolute Gasteiger partial charge is 0.547 e. The van der Waals surface area contributed by atoms with E-state index in [1.54, 1.807) is 0 Å². The molecule has 0 aliphatic heterocycles. The Labute approximate surface area is 152 Å². The second kappa shape index (κ2) is 17.4.